The zero-order valence-electron chi connectivity index (χ0n) is 13.1. The van der Waals surface area contributed by atoms with E-state index in [1.54, 1.807) is 0 Å². The number of rotatable bonds is 7. The summed E-state index contributed by atoms with van der Waals surface area (Å²) in [5.41, 5.74) is 0.175. The van der Waals surface area contributed by atoms with Crippen molar-refractivity contribution >= 4 is 0 Å². The largest absolute Gasteiger partial charge is 0.390 e. The summed E-state index contributed by atoms with van der Waals surface area (Å²) in [6.45, 7) is 12.8. The second-order valence-electron chi connectivity index (χ2n) is 6.77. The molecular formula is C15H29N3O2. The highest BCUT2D eigenvalue weighted by molar-refractivity contribution is 4.78. The van der Waals surface area contributed by atoms with Crippen molar-refractivity contribution in [3.63, 3.8) is 0 Å². The molecule has 20 heavy (non-hydrogen) atoms. The number of hydrogen-bond donors (Lipinski definition) is 1. The van der Waals surface area contributed by atoms with E-state index in [4.69, 9.17) is 10.00 Å². The van der Waals surface area contributed by atoms with Crippen molar-refractivity contribution in [2.24, 2.45) is 5.41 Å². The lowest BCUT2D eigenvalue weighted by Crippen LogP contribution is -2.46. The number of aliphatic hydroxyl groups is 1. The maximum Gasteiger partial charge on any atom is 0.0793 e. The van der Waals surface area contributed by atoms with Crippen LogP contribution >= 0.6 is 0 Å². The maximum atomic E-state index is 10.3. The topological polar surface area (TPSA) is 59.7 Å². The molecule has 1 heterocycles. The molecule has 1 atom stereocenters. The van der Waals surface area contributed by atoms with Gasteiger partial charge in [-0.15, -0.1) is 0 Å². The Bertz CT molecular complexity index is 303. The maximum absolute atomic E-state index is 10.3. The molecule has 0 aromatic heterocycles. The van der Waals surface area contributed by atoms with Gasteiger partial charge in [-0.25, -0.2) is 0 Å². The molecule has 1 aliphatic rings. The van der Waals surface area contributed by atoms with Crippen molar-refractivity contribution in [2.75, 3.05) is 52.5 Å². The predicted molar refractivity (Wildman–Crippen MR) is 79.4 cm³/mol. The quantitative estimate of drug-likeness (QED) is 0.753. The van der Waals surface area contributed by atoms with E-state index in [1.165, 1.54) is 0 Å². The van der Waals surface area contributed by atoms with E-state index in [9.17, 15) is 5.11 Å². The van der Waals surface area contributed by atoms with Crippen LogP contribution in [0, 0.1) is 16.7 Å². The first-order valence-electron chi connectivity index (χ1n) is 7.48. The van der Waals surface area contributed by atoms with Gasteiger partial charge in [-0.2, -0.15) is 5.26 Å². The molecule has 0 aromatic carbocycles. The number of hydrogen-bond acceptors (Lipinski definition) is 5. The molecule has 0 bridgehead atoms. The van der Waals surface area contributed by atoms with Gasteiger partial charge in [0.25, 0.3) is 0 Å². The van der Waals surface area contributed by atoms with Crippen molar-refractivity contribution in [3.05, 3.63) is 0 Å². The van der Waals surface area contributed by atoms with Crippen LogP contribution in [-0.4, -0.2) is 73.5 Å². The molecule has 1 fully saturated rings. The van der Waals surface area contributed by atoms with Gasteiger partial charge in [-0.3, -0.25) is 9.80 Å². The van der Waals surface area contributed by atoms with Crippen LogP contribution in [0.4, 0.5) is 0 Å². The summed E-state index contributed by atoms with van der Waals surface area (Å²) in [4.78, 5) is 4.45. The highest BCUT2D eigenvalue weighted by Crippen LogP contribution is 2.15. The van der Waals surface area contributed by atoms with E-state index in [2.05, 4.69) is 36.6 Å². The molecule has 0 amide bonds. The molecule has 1 N–H and O–H groups in total. The summed E-state index contributed by atoms with van der Waals surface area (Å²) in [6.07, 6.45) is 0.148. The molecule has 0 saturated carbocycles. The van der Waals surface area contributed by atoms with Crippen LogP contribution in [0.2, 0.25) is 0 Å². The Balaban J connectivity index is 2.39. The molecule has 1 aliphatic heterocycles. The fraction of sp³-hybridized carbons (Fsp3) is 0.933. The fourth-order valence-corrected chi connectivity index (χ4v) is 2.55. The molecule has 1 rings (SSSR count). The SMILES string of the molecule is CC(C)(C)CN(CCC#N)CC(O)CN1CCOCC1. The molecule has 116 valence electrons. The van der Waals surface area contributed by atoms with Gasteiger partial charge < -0.3 is 9.84 Å². The van der Waals surface area contributed by atoms with Crippen LogP contribution in [0.5, 0.6) is 0 Å². The van der Waals surface area contributed by atoms with E-state index in [-0.39, 0.29) is 11.5 Å². The van der Waals surface area contributed by atoms with Crippen LogP contribution in [0.3, 0.4) is 0 Å². The third-order valence-electron chi connectivity index (χ3n) is 3.28. The summed E-state index contributed by atoms with van der Waals surface area (Å²) in [6, 6.07) is 2.19. The Kier molecular flexibility index (Phi) is 7.46. The normalized spacial score (nSPS) is 19.0. The zero-order chi connectivity index (χ0) is 15.0. The third-order valence-corrected chi connectivity index (χ3v) is 3.28. The first kappa shape index (κ1) is 17.4. The number of aliphatic hydroxyl groups excluding tert-OH is 1. The third kappa shape index (κ3) is 7.81. The van der Waals surface area contributed by atoms with Gasteiger partial charge in [0.15, 0.2) is 0 Å². The van der Waals surface area contributed by atoms with Crippen LogP contribution in [0.1, 0.15) is 27.2 Å². The Morgan fingerprint density at radius 1 is 1.35 bits per heavy atom. The monoisotopic (exact) mass is 283 g/mol. The van der Waals surface area contributed by atoms with Crippen LogP contribution < -0.4 is 0 Å². The van der Waals surface area contributed by atoms with Crippen molar-refractivity contribution in [1.82, 2.24) is 9.80 Å². The molecule has 1 saturated heterocycles. The number of nitriles is 1. The summed E-state index contributed by atoms with van der Waals surface area (Å²) in [7, 11) is 0. The number of ether oxygens (including phenoxy) is 1. The van der Waals surface area contributed by atoms with E-state index in [1.807, 2.05) is 0 Å². The average Bonchev–Trinajstić information content (AvgIpc) is 2.35. The summed E-state index contributed by atoms with van der Waals surface area (Å²) < 4.78 is 5.31. The second-order valence-corrected chi connectivity index (χ2v) is 6.77. The lowest BCUT2D eigenvalue weighted by Gasteiger charge is -2.33. The Morgan fingerprint density at radius 2 is 2.00 bits per heavy atom. The van der Waals surface area contributed by atoms with Crippen molar-refractivity contribution < 1.29 is 9.84 Å². The van der Waals surface area contributed by atoms with E-state index in [0.717, 1.165) is 39.4 Å². The van der Waals surface area contributed by atoms with Gasteiger partial charge in [0.05, 0.1) is 25.4 Å². The Hall–Kier alpha value is -0.670. The predicted octanol–water partition coefficient (Wildman–Crippen LogP) is 0.941. The molecule has 0 radical (unpaired) electrons. The van der Waals surface area contributed by atoms with Crippen LogP contribution in [0.15, 0.2) is 0 Å². The van der Waals surface area contributed by atoms with Crippen molar-refractivity contribution in [2.45, 2.75) is 33.3 Å². The van der Waals surface area contributed by atoms with Crippen molar-refractivity contribution in [3.8, 4) is 6.07 Å². The smallest absolute Gasteiger partial charge is 0.0793 e. The lowest BCUT2D eigenvalue weighted by molar-refractivity contribution is 0.00473. The van der Waals surface area contributed by atoms with Crippen molar-refractivity contribution in [1.29, 1.82) is 5.26 Å². The van der Waals surface area contributed by atoms with Gasteiger partial charge in [0.1, 0.15) is 0 Å². The lowest BCUT2D eigenvalue weighted by atomic mass is 9.96. The molecular weight excluding hydrogens is 254 g/mol. The van der Waals surface area contributed by atoms with Crippen LogP contribution in [0.25, 0.3) is 0 Å². The molecule has 5 heteroatoms. The number of β-amino-alcohol motifs (C(OH)–C–C–N with tert-alkyl or cyclic N) is 1. The first-order valence-corrected chi connectivity index (χ1v) is 7.48. The Morgan fingerprint density at radius 3 is 2.55 bits per heavy atom. The summed E-state index contributed by atoms with van der Waals surface area (Å²) in [5.74, 6) is 0. The van der Waals surface area contributed by atoms with Gasteiger partial charge in [0, 0.05) is 45.7 Å². The van der Waals surface area contributed by atoms with E-state index in [0.29, 0.717) is 19.5 Å². The minimum absolute atomic E-state index is 0.175. The minimum atomic E-state index is -0.367. The average molecular weight is 283 g/mol. The Labute approximate surface area is 123 Å². The summed E-state index contributed by atoms with van der Waals surface area (Å²) in [5, 5.41) is 19.0. The number of nitrogens with zero attached hydrogens (tertiary/aromatic N) is 3. The molecule has 0 aromatic rings. The van der Waals surface area contributed by atoms with E-state index < -0.39 is 0 Å². The van der Waals surface area contributed by atoms with Gasteiger partial charge in [0.2, 0.25) is 0 Å². The van der Waals surface area contributed by atoms with Crippen LogP contribution in [-0.2, 0) is 4.74 Å². The minimum Gasteiger partial charge on any atom is -0.390 e. The zero-order valence-corrected chi connectivity index (χ0v) is 13.1. The molecule has 5 nitrogen and oxygen atoms in total. The summed E-state index contributed by atoms with van der Waals surface area (Å²) >= 11 is 0. The standard InChI is InChI=1S/C15H29N3O2/c1-15(2,3)13-18(6-4-5-16)12-14(19)11-17-7-9-20-10-8-17/h14,19H,4,6-13H2,1-3H3. The van der Waals surface area contributed by atoms with Gasteiger partial charge >= 0.3 is 0 Å². The van der Waals surface area contributed by atoms with Gasteiger partial charge in [-0.05, 0) is 5.41 Å². The molecule has 0 spiro atoms. The molecule has 1 unspecified atom stereocenters. The number of morpholine rings is 1. The first-order chi connectivity index (χ1) is 9.40. The van der Waals surface area contributed by atoms with Gasteiger partial charge in [-0.1, -0.05) is 20.8 Å². The second kappa shape index (κ2) is 8.58. The highest BCUT2D eigenvalue weighted by Gasteiger charge is 2.21. The highest BCUT2D eigenvalue weighted by atomic mass is 16.5. The van der Waals surface area contributed by atoms with E-state index >= 15 is 0 Å². The molecule has 0 aliphatic carbocycles. The fourth-order valence-electron chi connectivity index (χ4n) is 2.55.